The average molecular weight is 172 g/mol. The molecule has 0 amide bonds. The molecule has 0 heterocycles. The molecule has 3 heteroatoms. The van der Waals surface area contributed by atoms with Crippen molar-refractivity contribution in [3.05, 3.63) is 0 Å². The second kappa shape index (κ2) is 6.02. The molecule has 0 saturated carbocycles. The van der Waals surface area contributed by atoms with Gasteiger partial charge in [-0.15, -0.1) is 0 Å². The molecule has 0 unspecified atom stereocenters. The van der Waals surface area contributed by atoms with E-state index in [1.54, 1.807) is 0 Å². The van der Waals surface area contributed by atoms with Crippen molar-refractivity contribution >= 4 is 16.3 Å². The third-order valence-corrected chi connectivity index (χ3v) is 1.43. The normalized spacial score (nSPS) is 11.9. The van der Waals surface area contributed by atoms with Gasteiger partial charge in [-0.05, 0) is 27.7 Å². The maximum Gasteiger partial charge on any atom is 0.144 e. The van der Waals surface area contributed by atoms with Gasteiger partial charge in [-0.3, -0.25) is 0 Å². The summed E-state index contributed by atoms with van der Waals surface area (Å²) in [7, 11) is 0. The molecule has 0 rings (SSSR count). The van der Waals surface area contributed by atoms with Gasteiger partial charge in [-0.1, -0.05) is 5.28 Å². The number of ether oxygens (including phenoxy) is 2. The zero-order valence-electron chi connectivity index (χ0n) is 7.83. The molecule has 0 N–H and O–H groups in total. The first-order valence-corrected chi connectivity index (χ1v) is 4.89. The van der Waals surface area contributed by atoms with E-state index >= 15 is 0 Å². The van der Waals surface area contributed by atoms with E-state index in [-0.39, 0.29) is 18.5 Å². The minimum Gasteiger partial charge on any atom is -0.351 e. The summed E-state index contributed by atoms with van der Waals surface area (Å²) in [5.74, 6) is 0. The highest BCUT2D eigenvalue weighted by Crippen LogP contribution is 2.06. The summed E-state index contributed by atoms with van der Waals surface area (Å²) in [5.41, 5.74) is 0. The fourth-order valence-electron chi connectivity index (χ4n) is 0.750. The van der Waals surface area contributed by atoms with Crippen molar-refractivity contribution in [2.75, 3.05) is 0 Å². The molecule has 11 heavy (non-hydrogen) atoms. The van der Waals surface area contributed by atoms with E-state index in [1.807, 2.05) is 27.7 Å². The van der Waals surface area contributed by atoms with E-state index in [0.717, 1.165) is 5.28 Å². The van der Waals surface area contributed by atoms with Crippen molar-refractivity contribution in [1.82, 2.24) is 0 Å². The Labute approximate surface area is 77.7 Å². The van der Waals surface area contributed by atoms with Gasteiger partial charge in [-0.25, -0.2) is 0 Å². The van der Waals surface area contributed by atoms with Crippen molar-refractivity contribution in [2.24, 2.45) is 0 Å². The molecular weight excluding hydrogens is 155 g/mol. The fraction of sp³-hybridized carbons (Fsp3) is 1.00. The first-order chi connectivity index (χ1) is 5.06. The minimum absolute atomic E-state index is 0.0694. The molecule has 0 aliphatic rings. The Morgan fingerprint density at radius 2 is 1.36 bits per heavy atom. The van der Waals surface area contributed by atoms with Crippen molar-refractivity contribution in [2.45, 2.75) is 51.5 Å². The molecule has 0 aliphatic carbocycles. The van der Waals surface area contributed by atoms with Crippen LogP contribution in [0.5, 0.6) is 0 Å². The zero-order chi connectivity index (χ0) is 8.85. The minimum atomic E-state index is -0.0694. The lowest BCUT2D eigenvalue weighted by Gasteiger charge is -2.21. The van der Waals surface area contributed by atoms with Crippen LogP contribution in [-0.2, 0) is 9.47 Å². The molecule has 0 atom stereocenters. The number of hydrogen-bond donors (Lipinski definition) is 0. The molecule has 0 saturated heterocycles. The monoisotopic (exact) mass is 172 g/mol. The SMILES string of the molecule is CC(C)OC([CH2][Al])OC(C)C. The zero-order valence-corrected chi connectivity index (χ0v) is 8.99. The van der Waals surface area contributed by atoms with Crippen molar-refractivity contribution in [3.63, 3.8) is 0 Å². The van der Waals surface area contributed by atoms with E-state index < -0.39 is 0 Å². The average Bonchev–Trinajstić information content (AvgIpc) is 1.84. The summed E-state index contributed by atoms with van der Waals surface area (Å²) in [6.45, 7) is 8.04. The molecule has 0 spiro atoms. The van der Waals surface area contributed by atoms with Crippen LogP contribution < -0.4 is 0 Å². The first kappa shape index (κ1) is 11.5. The topological polar surface area (TPSA) is 18.5 Å². The van der Waals surface area contributed by atoms with E-state index in [9.17, 15) is 0 Å². The van der Waals surface area contributed by atoms with Crippen molar-refractivity contribution < 1.29 is 9.47 Å². The summed E-state index contributed by atoms with van der Waals surface area (Å²) in [6.07, 6.45) is 0.401. The van der Waals surface area contributed by atoms with Crippen LogP contribution in [0.4, 0.5) is 0 Å². The van der Waals surface area contributed by atoms with Crippen LogP contribution >= 0.6 is 0 Å². The van der Waals surface area contributed by atoms with Gasteiger partial charge in [0.2, 0.25) is 0 Å². The van der Waals surface area contributed by atoms with Gasteiger partial charge in [-0.2, -0.15) is 0 Å². The highest BCUT2D eigenvalue weighted by molar-refractivity contribution is 6.08. The molecule has 0 aromatic carbocycles. The van der Waals surface area contributed by atoms with Crippen LogP contribution in [0.2, 0.25) is 5.28 Å². The Balaban J connectivity index is 3.58. The van der Waals surface area contributed by atoms with Gasteiger partial charge in [0.25, 0.3) is 0 Å². The molecule has 0 aromatic heterocycles. The van der Waals surface area contributed by atoms with E-state index in [0.29, 0.717) is 0 Å². The molecule has 2 nitrogen and oxygen atoms in total. The molecule has 0 bridgehead atoms. The molecule has 2 radical (unpaired) electrons. The quantitative estimate of drug-likeness (QED) is 0.464. The van der Waals surface area contributed by atoms with Crippen LogP contribution in [-0.4, -0.2) is 34.8 Å². The van der Waals surface area contributed by atoms with Crippen molar-refractivity contribution in [3.8, 4) is 0 Å². The largest absolute Gasteiger partial charge is 0.351 e. The van der Waals surface area contributed by atoms with E-state index in [2.05, 4.69) is 16.3 Å². The van der Waals surface area contributed by atoms with Gasteiger partial charge < -0.3 is 9.47 Å². The van der Waals surface area contributed by atoms with Gasteiger partial charge in [0.1, 0.15) is 22.6 Å². The lowest BCUT2D eigenvalue weighted by molar-refractivity contribution is -0.169. The predicted molar refractivity (Wildman–Crippen MR) is 46.8 cm³/mol. The maximum atomic E-state index is 5.47. The highest BCUT2D eigenvalue weighted by Gasteiger charge is 2.09. The van der Waals surface area contributed by atoms with Gasteiger partial charge in [0.05, 0.1) is 12.2 Å². The predicted octanol–water partition coefficient (Wildman–Crippen LogP) is 1.75. The Morgan fingerprint density at radius 1 is 1.00 bits per heavy atom. The highest BCUT2D eigenvalue weighted by atomic mass is 27.0. The fourth-order valence-corrected chi connectivity index (χ4v) is 0.973. The van der Waals surface area contributed by atoms with E-state index in [4.69, 9.17) is 9.47 Å². The summed E-state index contributed by atoms with van der Waals surface area (Å²) >= 11 is 2.62. The third-order valence-electron chi connectivity index (χ3n) is 1.04. The summed E-state index contributed by atoms with van der Waals surface area (Å²) < 4.78 is 10.9. The third kappa shape index (κ3) is 6.84. The van der Waals surface area contributed by atoms with Crippen LogP contribution in [0.1, 0.15) is 27.7 Å². The summed E-state index contributed by atoms with van der Waals surface area (Å²) in [4.78, 5) is 0. The van der Waals surface area contributed by atoms with Crippen LogP contribution in [0.25, 0.3) is 0 Å². The Hall–Kier alpha value is 0.452. The Bertz CT molecular complexity index is 84.1. The van der Waals surface area contributed by atoms with Crippen LogP contribution in [0, 0.1) is 0 Å². The van der Waals surface area contributed by atoms with Crippen LogP contribution in [0.3, 0.4) is 0 Å². The summed E-state index contributed by atoms with van der Waals surface area (Å²) in [6, 6.07) is 0. The lowest BCUT2D eigenvalue weighted by atomic mass is 10.4. The van der Waals surface area contributed by atoms with Gasteiger partial charge in [0.15, 0.2) is 0 Å². The molecule has 0 aromatic rings. The van der Waals surface area contributed by atoms with Gasteiger partial charge in [0, 0.05) is 0 Å². The molecular formula is C8H17AlO2. The number of rotatable bonds is 5. The Morgan fingerprint density at radius 3 is 1.55 bits per heavy atom. The van der Waals surface area contributed by atoms with Crippen molar-refractivity contribution in [1.29, 1.82) is 0 Å². The van der Waals surface area contributed by atoms with Crippen LogP contribution in [0.15, 0.2) is 0 Å². The standard InChI is InChI=1S/C8H17O2.Al/c1-6(2)9-8(5)10-7(3)4;/h6-8H,5H2,1-4H3;. The lowest BCUT2D eigenvalue weighted by Crippen LogP contribution is -2.23. The number of hydrogen-bond acceptors (Lipinski definition) is 2. The second-order valence-electron chi connectivity index (χ2n) is 3.03. The second-order valence-corrected chi connectivity index (χ2v) is 3.51. The molecule has 64 valence electrons. The summed E-state index contributed by atoms with van der Waals surface area (Å²) in [5, 5.41) is 0.830. The smallest absolute Gasteiger partial charge is 0.144 e. The van der Waals surface area contributed by atoms with E-state index in [1.165, 1.54) is 0 Å². The first-order valence-electron chi connectivity index (χ1n) is 4.07. The van der Waals surface area contributed by atoms with Gasteiger partial charge >= 0.3 is 0 Å². The molecule has 0 fully saturated rings. The molecule has 0 aliphatic heterocycles. The maximum absolute atomic E-state index is 5.47. The Kier molecular flexibility index (Phi) is 6.27.